The molecule has 1 aromatic rings. The Bertz CT molecular complexity index is 432. The lowest BCUT2D eigenvalue weighted by molar-refractivity contribution is 0.184. The van der Waals surface area contributed by atoms with Crippen molar-refractivity contribution in [2.24, 2.45) is 0 Å². The van der Waals surface area contributed by atoms with Gasteiger partial charge in [0.05, 0.1) is 28.0 Å². The standard InChI is InChI=1S/C11H12BrFN2O/c12-7-3-9-10(4-8(7)13)15-11(5-14-9)1-2-16-6-11/h3-4,14-15H,1-2,5-6H2. The molecule has 16 heavy (non-hydrogen) atoms. The molecule has 0 bridgehead atoms. The topological polar surface area (TPSA) is 33.3 Å². The lowest BCUT2D eigenvalue weighted by Crippen LogP contribution is -2.48. The minimum absolute atomic E-state index is 0.0622. The van der Waals surface area contributed by atoms with Gasteiger partial charge in [-0.1, -0.05) is 0 Å². The average molecular weight is 287 g/mol. The van der Waals surface area contributed by atoms with Crippen LogP contribution in [0.4, 0.5) is 15.8 Å². The molecule has 5 heteroatoms. The predicted octanol–water partition coefficient (Wildman–Crippen LogP) is 2.58. The summed E-state index contributed by atoms with van der Waals surface area (Å²) in [7, 11) is 0. The molecular weight excluding hydrogens is 275 g/mol. The molecular formula is C11H12BrFN2O. The van der Waals surface area contributed by atoms with E-state index in [1.165, 1.54) is 6.07 Å². The Morgan fingerprint density at radius 1 is 1.38 bits per heavy atom. The van der Waals surface area contributed by atoms with E-state index in [1.807, 2.05) is 0 Å². The summed E-state index contributed by atoms with van der Waals surface area (Å²) in [4.78, 5) is 0. The van der Waals surface area contributed by atoms with Gasteiger partial charge in [-0.2, -0.15) is 0 Å². The molecule has 3 nitrogen and oxygen atoms in total. The molecule has 2 aliphatic heterocycles. The average Bonchev–Trinajstić information content (AvgIpc) is 2.69. The van der Waals surface area contributed by atoms with Crippen LogP contribution in [-0.4, -0.2) is 25.3 Å². The fourth-order valence-electron chi connectivity index (χ4n) is 2.24. The molecule has 0 aliphatic carbocycles. The van der Waals surface area contributed by atoms with Gasteiger partial charge in [0, 0.05) is 19.2 Å². The van der Waals surface area contributed by atoms with Crippen LogP contribution in [0, 0.1) is 5.82 Å². The van der Waals surface area contributed by atoms with Crippen LogP contribution in [-0.2, 0) is 4.74 Å². The van der Waals surface area contributed by atoms with Gasteiger partial charge in [-0.25, -0.2) is 4.39 Å². The summed E-state index contributed by atoms with van der Waals surface area (Å²) in [5.41, 5.74) is 1.69. The quantitative estimate of drug-likeness (QED) is 0.769. The van der Waals surface area contributed by atoms with E-state index >= 15 is 0 Å². The molecule has 0 saturated carbocycles. The zero-order valence-electron chi connectivity index (χ0n) is 8.65. The van der Waals surface area contributed by atoms with E-state index in [4.69, 9.17) is 4.74 Å². The Morgan fingerprint density at radius 2 is 2.25 bits per heavy atom. The fraction of sp³-hybridized carbons (Fsp3) is 0.455. The van der Waals surface area contributed by atoms with Gasteiger partial charge < -0.3 is 15.4 Å². The summed E-state index contributed by atoms with van der Waals surface area (Å²) in [5, 5.41) is 6.72. The van der Waals surface area contributed by atoms with E-state index in [2.05, 4.69) is 26.6 Å². The third kappa shape index (κ3) is 1.58. The summed E-state index contributed by atoms with van der Waals surface area (Å²) in [6.45, 7) is 2.26. The van der Waals surface area contributed by atoms with Crippen LogP contribution in [0.1, 0.15) is 6.42 Å². The summed E-state index contributed by atoms with van der Waals surface area (Å²) in [6, 6.07) is 3.28. The van der Waals surface area contributed by atoms with Crippen molar-refractivity contribution >= 4 is 27.3 Å². The summed E-state index contributed by atoms with van der Waals surface area (Å²) in [5.74, 6) is -0.246. The highest BCUT2D eigenvalue weighted by molar-refractivity contribution is 9.10. The normalized spacial score (nSPS) is 27.4. The van der Waals surface area contributed by atoms with Gasteiger partial charge in [-0.05, 0) is 28.4 Å². The number of hydrogen-bond donors (Lipinski definition) is 2. The molecule has 1 unspecified atom stereocenters. The van der Waals surface area contributed by atoms with E-state index in [1.54, 1.807) is 6.07 Å². The van der Waals surface area contributed by atoms with Crippen LogP contribution in [0.5, 0.6) is 0 Å². The smallest absolute Gasteiger partial charge is 0.139 e. The first-order valence-corrected chi connectivity index (χ1v) is 6.07. The van der Waals surface area contributed by atoms with Crippen molar-refractivity contribution in [2.45, 2.75) is 12.0 Å². The number of benzene rings is 1. The monoisotopic (exact) mass is 286 g/mol. The van der Waals surface area contributed by atoms with Crippen LogP contribution in [0.25, 0.3) is 0 Å². The van der Waals surface area contributed by atoms with Gasteiger partial charge in [0.25, 0.3) is 0 Å². The fourth-order valence-corrected chi connectivity index (χ4v) is 2.58. The van der Waals surface area contributed by atoms with Gasteiger partial charge in [-0.3, -0.25) is 0 Å². The summed E-state index contributed by atoms with van der Waals surface area (Å²) in [6.07, 6.45) is 0.955. The Morgan fingerprint density at radius 3 is 3.00 bits per heavy atom. The molecule has 1 saturated heterocycles. The van der Waals surface area contributed by atoms with E-state index in [9.17, 15) is 4.39 Å². The largest absolute Gasteiger partial charge is 0.381 e. The van der Waals surface area contributed by atoms with E-state index in [0.717, 1.165) is 30.9 Å². The van der Waals surface area contributed by atoms with Crippen molar-refractivity contribution < 1.29 is 9.13 Å². The van der Waals surface area contributed by atoms with E-state index in [0.29, 0.717) is 11.1 Å². The van der Waals surface area contributed by atoms with Gasteiger partial charge in [0.15, 0.2) is 0 Å². The highest BCUT2D eigenvalue weighted by Crippen LogP contribution is 2.36. The Hall–Kier alpha value is -0.810. The highest BCUT2D eigenvalue weighted by Gasteiger charge is 2.38. The molecule has 2 N–H and O–H groups in total. The van der Waals surface area contributed by atoms with Crippen molar-refractivity contribution in [3.05, 3.63) is 22.4 Å². The van der Waals surface area contributed by atoms with Crippen LogP contribution >= 0.6 is 15.9 Å². The SMILES string of the molecule is Fc1cc2c(cc1Br)NCC1(CCOC1)N2. The number of fused-ring (bicyclic) bond motifs is 1. The minimum atomic E-state index is -0.246. The van der Waals surface area contributed by atoms with Crippen molar-refractivity contribution in [1.29, 1.82) is 0 Å². The van der Waals surface area contributed by atoms with Crippen LogP contribution in [0.2, 0.25) is 0 Å². The van der Waals surface area contributed by atoms with Crippen molar-refractivity contribution in [1.82, 2.24) is 0 Å². The maximum absolute atomic E-state index is 13.4. The Balaban J connectivity index is 1.96. The second-order valence-corrected chi connectivity index (χ2v) is 5.23. The molecule has 2 aliphatic rings. The van der Waals surface area contributed by atoms with Gasteiger partial charge in [0.1, 0.15) is 5.82 Å². The Labute approximate surface area is 101 Å². The summed E-state index contributed by atoms with van der Waals surface area (Å²) < 4.78 is 19.3. The van der Waals surface area contributed by atoms with Crippen molar-refractivity contribution in [3.63, 3.8) is 0 Å². The van der Waals surface area contributed by atoms with Crippen LogP contribution < -0.4 is 10.6 Å². The highest BCUT2D eigenvalue weighted by atomic mass is 79.9. The lowest BCUT2D eigenvalue weighted by atomic mass is 9.95. The molecule has 0 aromatic heterocycles. The molecule has 0 amide bonds. The second-order valence-electron chi connectivity index (χ2n) is 4.37. The molecule has 2 heterocycles. The number of anilines is 2. The van der Waals surface area contributed by atoms with Gasteiger partial charge in [0.2, 0.25) is 0 Å². The zero-order chi connectivity index (χ0) is 11.2. The second kappa shape index (κ2) is 3.60. The Kier molecular flexibility index (Phi) is 2.33. The predicted molar refractivity (Wildman–Crippen MR) is 64.4 cm³/mol. The van der Waals surface area contributed by atoms with Gasteiger partial charge >= 0.3 is 0 Å². The van der Waals surface area contributed by atoms with Crippen LogP contribution in [0.3, 0.4) is 0 Å². The first kappa shape index (κ1) is 10.4. The summed E-state index contributed by atoms with van der Waals surface area (Å²) >= 11 is 3.18. The molecule has 1 atom stereocenters. The third-order valence-corrected chi connectivity index (χ3v) is 3.79. The third-order valence-electron chi connectivity index (χ3n) is 3.18. The molecule has 1 aromatic carbocycles. The van der Waals surface area contributed by atoms with Crippen molar-refractivity contribution in [3.8, 4) is 0 Å². The first-order chi connectivity index (χ1) is 7.69. The maximum atomic E-state index is 13.4. The maximum Gasteiger partial charge on any atom is 0.139 e. The number of halogens is 2. The first-order valence-electron chi connectivity index (χ1n) is 5.27. The molecule has 1 spiro atoms. The van der Waals surface area contributed by atoms with Crippen molar-refractivity contribution in [2.75, 3.05) is 30.4 Å². The number of ether oxygens (including phenoxy) is 1. The van der Waals surface area contributed by atoms with E-state index < -0.39 is 0 Å². The lowest BCUT2D eigenvalue weighted by Gasteiger charge is -2.36. The molecule has 0 radical (unpaired) electrons. The van der Waals surface area contributed by atoms with E-state index in [-0.39, 0.29) is 11.4 Å². The van der Waals surface area contributed by atoms with Gasteiger partial charge in [-0.15, -0.1) is 0 Å². The number of hydrogen-bond acceptors (Lipinski definition) is 3. The number of rotatable bonds is 0. The van der Waals surface area contributed by atoms with Crippen LogP contribution in [0.15, 0.2) is 16.6 Å². The zero-order valence-corrected chi connectivity index (χ0v) is 10.2. The molecule has 3 rings (SSSR count). The molecule has 1 fully saturated rings. The molecule has 86 valence electrons. The minimum Gasteiger partial charge on any atom is -0.381 e. The number of nitrogens with one attached hydrogen (secondary N) is 2.